The second-order valence-corrected chi connectivity index (χ2v) is 16.8. The van der Waals surface area contributed by atoms with E-state index in [2.05, 4.69) is 30.5 Å². The number of hydrogen-bond acceptors (Lipinski definition) is 11. The van der Waals surface area contributed by atoms with Crippen LogP contribution in [0.25, 0.3) is 11.0 Å². The highest BCUT2D eigenvalue weighted by atomic mass is 32.2. The molecular weight excluding hydrogens is 710 g/mol. The molecule has 2 aliphatic heterocycles. The maximum Gasteiger partial charge on any atom is 0.274 e. The van der Waals surface area contributed by atoms with Crippen molar-refractivity contribution < 1.29 is 41.2 Å². The van der Waals surface area contributed by atoms with Gasteiger partial charge in [0, 0.05) is 24.5 Å². The van der Waals surface area contributed by atoms with Gasteiger partial charge in [0.25, 0.3) is 11.8 Å². The van der Waals surface area contributed by atoms with Gasteiger partial charge in [0.1, 0.15) is 41.5 Å². The fourth-order valence-electron chi connectivity index (χ4n) is 7.04. The van der Waals surface area contributed by atoms with Gasteiger partial charge in [-0.2, -0.15) is 0 Å². The lowest BCUT2D eigenvalue weighted by molar-refractivity contribution is -0.141. The number of carbonyl (C=O) groups excluding carboxylic acids is 4. The number of ether oxygens (including phenoxy) is 1. The molecule has 0 spiro atoms. The summed E-state index contributed by atoms with van der Waals surface area (Å²) in [6.07, 6.45) is 8.65. The van der Waals surface area contributed by atoms with Crippen molar-refractivity contribution in [1.29, 1.82) is 0 Å². The van der Waals surface area contributed by atoms with E-state index in [1.54, 1.807) is 6.92 Å². The average molecular weight is 752 g/mol. The van der Waals surface area contributed by atoms with Crippen molar-refractivity contribution in [3.05, 3.63) is 59.9 Å². The third-order valence-corrected chi connectivity index (χ3v) is 12.9. The highest BCUT2D eigenvalue weighted by molar-refractivity contribution is 7.91. The van der Waals surface area contributed by atoms with Gasteiger partial charge in [0.15, 0.2) is 5.69 Å². The molecular formula is C36H42FN7O8S. The minimum absolute atomic E-state index is 0.0168. The van der Waals surface area contributed by atoms with E-state index >= 15 is 0 Å². The van der Waals surface area contributed by atoms with Gasteiger partial charge < -0.3 is 24.8 Å². The fraction of sp³-hybridized carbons (Fsp3) is 0.528. The van der Waals surface area contributed by atoms with E-state index in [4.69, 9.17) is 9.26 Å². The first kappa shape index (κ1) is 36.4. The topological polar surface area (TPSA) is 203 Å². The summed E-state index contributed by atoms with van der Waals surface area (Å²) in [5.74, 6) is -3.51. The molecule has 7 rings (SSSR count). The van der Waals surface area contributed by atoms with E-state index in [9.17, 15) is 32.0 Å². The Labute approximate surface area is 305 Å². The third kappa shape index (κ3) is 7.35. The monoisotopic (exact) mass is 751 g/mol. The van der Waals surface area contributed by atoms with Gasteiger partial charge in [-0.1, -0.05) is 37.1 Å². The van der Waals surface area contributed by atoms with Gasteiger partial charge in [-0.15, -0.1) is 0 Å². The molecule has 53 heavy (non-hydrogen) atoms. The predicted octanol–water partition coefficient (Wildman–Crippen LogP) is 2.86. The number of benzene rings is 1. The van der Waals surface area contributed by atoms with Gasteiger partial charge in [-0.25, -0.2) is 22.8 Å². The maximum atomic E-state index is 14.5. The molecule has 0 radical (unpaired) electrons. The maximum absolute atomic E-state index is 14.5. The summed E-state index contributed by atoms with van der Waals surface area (Å²) in [5.41, 5.74) is -0.328. The van der Waals surface area contributed by atoms with E-state index in [-0.39, 0.29) is 42.9 Å². The van der Waals surface area contributed by atoms with Gasteiger partial charge in [-0.05, 0) is 64.0 Å². The summed E-state index contributed by atoms with van der Waals surface area (Å²) in [7, 11) is -4.01. The van der Waals surface area contributed by atoms with E-state index in [1.807, 2.05) is 19.1 Å². The normalized spacial score (nSPS) is 27.1. The molecule has 3 fully saturated rings. The van der Waals surface area contributed by atoms with Crippen LogP contribution in [0.2, 0.25) is 0 Å². The second-order valence-electron chi connectivity index (χ2n) is 14.6. The van der Waals surface area contributed by atoms with Crippen molar-refractivity contribution in [2.45, 2.75) is 107 Å². The number of aryl methyl sites for hydroxylation is 1. The summed E-state index contributed by atoms with van der Waals surface area (Å²) >= 11 is 0. The molecule has 2 aromatic heterocycles. The number of amides is 4. The van der Waals surface area contributed by atoms with Crippen molar-refractivity contribution in [3.8, 4) is 5.88 Å². The number of rotatable bonds is 8. The summed E-state index contributed by atoms with van der Waals surface area (Å²) in [4.78, 5) is 66.1. The van der Waals surface area contributed by atoms with Crippen molar-refractivity contribution >= 4 is 44.7 Å². The second kappa shape index (κ2) is 14.1. The molecule has 2 aliphatic carbocycles. The minimum atomic E-state index is -4.01. The van der Waals surface area contributed by atoms with Crippen LogP contribution in [0.1, 0.15) is 87.8 Å². The summed E-state index contributed by atoms with van der Waals surface area (Å²) in [6.45, 7) is 3.34. The number of aromatic nitrogens is 3. The van der Waals surface area contributed by atoms with Crippen LogP contribution in [0.5, 0.6) is 5.88 Å². The Kier molecular flexibility index (Phi) is 9.72. The molecule has 282 valence electrons. The Hall–Kier alpha value is -4.93. The van der Waals surface area contributed by atoms with Crippen LogP contribution < -0.4 is 20.1 Å². The van der Waals surface area contributed by atoms with Crippen LogP contribution in [0, 0.1) is 11.7 Å². The van der Waals surface area contributed by atoms with Crippen molar-refractivity contribution in [2.24, 2.45) is 5.92 Å². The smallest absolute Gasteiger partial charge is 0.274 e. The molecule has 3 N–H and O–H groups in total. The Bertz CT molecular complexity index is 2070. The third-order valence-electron chi connectivity index (χ3n) is 10.7. The molecule has 0 bridgehead atoms. The number of carbonyl (C=O) groups is 4. The number of nitrogens with one attached hydrogen (secondary N) is 3. The number of halogens is 1. The lowest BCUT2D eigenvalue weighted by Gasteiger charge is -2.30. The number of sulfonamides is 1. The summed E-state index contributed by atoms with van der Waals surface area (Å²) in [6, 6.07) is 3.20. The lowest BCUT2D eigenvalue weighted by Crippen LogP contribution is -2.58. The zero-order chi connectivity index (χ0) is 37.5. The average Bonchev–Trinajstić information content (AvgIpc) is 3.87. The van der Waals surface area contributed by atoms with Gasteiger partial charge in [-0.3, -0.25) is 23.9 Å². The fourth-order valence-corrected chi connectivity index (χ4v) is 8.35. The SMILES string of the molecule is CCc1nc2ccc(F)cc2nc1O[C@@H]1C[C@H]2C(=O)N[C@]3(C(=O)NS(=O)(=O)C4(C)CC4)C[C@H]3C=CCCCCC[C@H](NC(=O)c3ccon3)C(=O)N2C1. The van der Waals surface area contributed by atoms with Crippen molar-refractivity contribution in [1.82, 2.24) is 35.4 Å². The zero-order valence-corrected chi connectivity index (χ0v) is 30.3. The molecule has 1 aromatic carbocycles. The first-order valence-corrected chi connectivity index (χ1v) is 19.5. The van der Waals surface area contributed by atoms with Crippen molar-refractivity contribution in [3.63, 3.8) is 0 Å². The molecule has 4 aliphatic rings. The van der Waals surface area contributed by atoms with Gasteiger partial charge in [0.05, 0.1) is 22.3 Å². The first-order chi connectivity index (χ1) is 25.3. The van der Waals surface area contributed by atoms with Crippen LogP contribution in [-0.4, -0.2) is 87.1 Å². The molecule has 4 heterocycles. The summed E-state index contributed by atoms with van der Waals surface area (Å²) < 4.78 is 52.6. The van der Waals surface area contributed by atoms with Gasteiger partial charge in [0.2, 0.25) is 27.7 Å². The molecule has 15 nitrogen and oxygen atoms in total. The van der Waals surface area contributed by atoms with Crippen molar-refractivity contribution in [2.75, 3.05) is 6.54 Å². The lowest BCUT2D eigenvalue weighted by atomic mass is 10.0. The highest BCUT2D eigenvalue weighted by Gasteiger charge is 2.63. The predicted molar refractivity (Wildman–Crippen MR) is 187 cm³/mol. The zero-order valence-electron chi connectivity index (χ0n) is 29.5. The minimum Gasteiger partial charge on any atom is -0.471 e. The van der Waals surface area contributed by atoms with Crippen LogP contribution in [0.4, 0.5) is 4.39 Å². The molecule has 17 heteroatoms. The van der Waals surface area contributed by atoms with Crippen LogP contribution >= 0.6 is 0 Å². The standard InChI is InChI=1S/C36H42FN7O8S/c1-3-24-32(40-28-17-22(37)11-12-25(28)38-24)52-23-18-29-31(46)41-36(34(48)43-53(49,50)35(2)14-15-35)19-21(36)9-7-5-4-6-8-10-27(33(47)44(29)20-23)39-30(45)26-13-16-51-42-26/h7,9,11-13,16-17,21,23,27,29H,3-6,8,10,14-15,18-20H2,1-2H3,(H,39,45)(H,41,46)(H,43,48)/t21-,23-,27+,29+,36-/m1/s1. The number of fused-ring (bicyclic) bond motifs is 3. The highest BCUT2D eigenvalue weighted by Crippen LogP contribution is 2.47. The number of nitrogens with zero attached hydrogens (tertiary/aromatic N) is 4. The largest absolute Gasteiger partial charge is 0.471 e. The first-order valence-electron chi connectivity index (χ1n) is 18.0. The summed E-state index contributed by atoms with van der Waals surface area (Å²) in [5, 5.41) is 9.29. The molecule has 3 aromatic rings. The van der Waals surface area contributed by atoms with E-state index in [0.717, 1.165) is 12.8 Å². The number of hydrogen-bond donors (Lipinski definition) is 3. The molecule has 1 saturated heterocycles. The van der Waals surface area contributed by atoms with Crippen LogP contribution in [0.15, 0.2) is 47.2 Å². The van der Waals surface area contributed by atoms with E-state index in [1.165, 1.54) is 35.4 Å². The van der Waals surface area contributed by atoms with E-state index in [0.29, 0.717) is 43.3 Å². The molecule has 5 atom stereocenters. The molecule has 2 saturated carbocycles. The Morgan fingerprint density at radius 2 is 1.94 bits per heavy atom. The van der Waals surface area contributed by atoms with Crippen LogP contribution in [0.3, 0.4) is 0 Å². The quantitative estimate of drug-likeness (QED) is 0.286. The molecule has 0 unspecified atom stereocenters. The van der Waals surface area contributed by atoms with Gasteiger partial charge >= 0.3 is 0 Å². The van der Waals surface area contributed by atoms with E-state index < -0.39 is 73.9 Å². The molecule has 4 amide bonds. The Balaban J connectivity index is 1.20. The Morgan fingerprint density at radius 1 is 1.13 bits per heavy atom. The van der Waals surface area contributed by atoms with Crippen LogP contribution in [-0.2, 0) is 30.8 Å². The Morgan fingerprint density at radius 3 is 2.68 bits per heavy atom. The number of allylic oxidation sites excluding steroid dienone is 1.